The van der Waals surface area contributed by atoms with E-state index in [0.29, 0.717) is 0 Å². The van der Waals surface area contributed by atoms with Crippen LogP contribution in [0.2, 0.25) is 0 Å². The first-order valence-electron chi connectivity index (χ1n) is 4.41. The lowest BCUT2D eigenvalue weighted by Crippen LogP contribution is -2.30. The van der Waals surface area contributed by atoms with Gasteiger partial charge in [-0.3, -0.25) is 14.9 Å². The zero-order valence-corrected chi connectivity index (χ0v) is 8.95. The van der Waals surface area contributed by atoms with Crippen molar-refractivity contribution in [1.29, 1.82) is 0 Å². The number of ether oxygens (including phenoxy) is 1. The molecule has 0 aromatic rings. The predicted molar refractivity (Wildman–Crippen MR) is 55.4 cm³/mol. The molecule has 0 radical (unpaired) electrons. The SMILES string of the molecule is CNC(=O)C(C=CC(COC)[N+](=O)[O-])N=O. The number of nitrogens with zero attached hydrogens (tertiary/aromatic N) is 2. The molecule has 0 fully saturated rings. The van der Waals surface area contributed by atoms with E-state index in [0.717, 1.165) is 12.2 Å². The molecule has 0 aliphatic rings. The topological polar surface area (TPSA) is 111 Å². The van der Waals surface area contributed by atoms with Crippen LogP contribution < -0.4 is 5.32 Å². The van der Waals surface area contributed by atoms with E-state index in [-0.39, 0.29) is 6.61 Å². The molecule has 16 heavy (non-hydrogen) atoms. The third-order valence-corrected chi connectivity index (χ3v) is 1.75. The van der Waals surface area contributed by atoms with Crippen LogP contribution in [0.5, 0.6) is 0 Å². The number of likely N-dealkylation sites (N-methyl/N-ethyl adjacent to an activating group) is 1. The number of rotatable bonds is 7. The molecule has 0 aromatic carbocycles. The van der Waals surface area contributed by atoms with Crippen LogP contribution in [-0.4, -0.2) is 43.7 Å². The van der Waals surface area contributed by atoms with Gasteiger partial charge in [-0.05, 0) is 12.2 Å². The van der Waals surface area contributed by atoms with Crippen LogP contribution in [0.1, 0.15) is 0 Å². The molecule has 1 amide bonds. The molecule has 0 aliphatic heterocycles. The number of methoxy groups -OCH3 is 1. The van der Waals surface area contributed by atoms with E-state index in [4.69, 9.17) is 0 Å². The van der Waals surface area contributed by atoms with Gasteiger partial charge in [0.1, 0.15) is 6.61 Å². The van der Waals surface area contributed by atoms with Crippen LogP contribution in [-0.2, 0) is 9.53 Å². The molecule has 0 rings (SSSR count). The van der Waals surface area contributed by atoms with Crippen molar-refractivity contribution in [1.82, 2.24) is 5.32 Å². The molecule has 1 N–H and O–H groups in total. The molecule has 0 bridgehead atoms. The van der Waals surface area contributed by atoms with Gasteiger partial charge in [-0.2, -0.15) is 0 Å². The highest BCUT2D eigenvalue weighted by Gasteiger charge is 2.19. The second-order valence-electron chi connectivity index (χ2n) is 2.86. The monoisotopic (exact) mass is 231 g/mol. The summed E-state index contributed by atoms with van der Waals surface area (Å²) in [5.74, 6) is -0.620. The fourth-order valence-electron chi connectivity index (χ4n) is 0.909. The lowest BCUT2D eigenvalue weighted by molar-refractivity contribution is -0.512. The van der Waals surface area contributed by atoms with E-state index in [1.54, 1.807) is 0 Å². The van der Waals surface area contributed by atoms with Gasteiger partial charge >= 0.3 is 0 Å². The summed E-state index contributed by atoms with van der Waals surface area (Å²) in [6, 6.07) is -2.36. The Morgan fingerprint density at radius 1 is 1.62 bits per heavy atom. The maximum atomic E-state index is 11.0. The molecule has 2 unspecified atom stereocenters. The summed E-state index contributed by atoms with van der Waals surface area (Å²) < 4.78 is 4.62. The maximum absolute atomic E-state index is 11.0. The number of amides is 1. The second-order valence-corrected chi connectivity index (χ2v) is 2.86. The number of nitro groups is 1. The summed E-state index contributed by atoms with van der Waals surface area (Å²) in [6.07, 6.45) is 2.20. The minimum Gasteiger partial charge on any atom is -0.377 e. The fraction of sp³-hybridized carbons (Fsp3) is 0.625. The Hall–Kier alpha value is -1.83. The lowest BCUT2D eigenvalue weighted by Gasteiger charge is -2.04. The van der Waals surface area contributed by atoms with Gasteiger partial charge < -0.3 is 10.1 Å². The minimum atomic E-state index is -1.26. The van der Waals surface area contributed by atoms with Crippen molar-refractivity contribution in [2.45, 2.75) is 12.1 Å². The van der Waals surface area contributed by atoms with Crippen molar-refractivity contribution >= 4 is 5.91 Å². The number of hydrogen-bond donors (Lipinski definition) is 1. The zero-order chi connectivity index (χ0) is 12.6. The first kappa shape index (κ1) is 14.2. The van der Waals surface area contributed by atoms with E-state index in [1.807, 2.05) is 0 Å². The normalized spacial score (nSPS) is 14.4. The summed E-state index contributed by atoms with van der Waals surface area (Å²) in [5, 5.41) is 15.2. The summed E-state index contributed by atoms with van der Waals surface area (Å²) in [6.45, 7) is -0.136. The van der Waals surface area contributed by atoms with Gasteiger partial charge in [-0.15, -0.1) is 4.91 Å². The summed E-state index contributed by atoms with van der Waals surface area (Å²) in [4.78, 5) is 31.2. The average Bonchev–Trinajstić information content (AvgIpc) is 2.27. The van der Waals surface area contributed by atoms with Crippen LogP contribution >= 0.6 is 0 Å². The zero-order valence-electron chi connectivity index (χ0n) is 8.95. The van der Waals surface area contributed by atoms with Gasteiger partial charge in [-0.25, -0.2) is 0 Å². The van der Waals surface area contributed by atoms with Crippen molar-refractivity contribution in [3.63, 3.8) is 0 Å². The second kappa shape index (κ2) is 7.46. The Morgan fingerprint density at radius 2 is 2.25 bits per heavy atom. The van der Waals surface area contributed by atoms with Crippen LogP contribution in [0.3, 0.4) is 0 Å². The van der Waals surface area contributed by atoms with Crippen molar-refractivity contribution in [2.24, 2.45) is 5.18 Å². The molecule has 2 atom stereocenters. The highest BCUT2D eigenvalue weighted by atomic mass is 16.6. The van der Waals surface area contributed by atoms with Crippen LogP contribution in [0.15, 0.2) is 17.3 Å². The minimum absolute atomic E-state index is 0.136. The first-order valence-corrected chi connectivity index (χ1v) is 4.41. The van der Waals surface area contributed by atoms with Gasteiger partial charge in [0, 0.05) is 19.1 Å². The molecule has 8 heteroatoms. The van der Waals surface area contributed by atoms with Crippen LogP contribution in [0.4, 0.5) is 0 Å². The highest BCUT2D eigenvalue weighted by molar-refractivity contribution is 5.83. The van der Waals surface area contributed by atoms with Crippen LogP contribution in [0, 0.1) is 15.0 Å². The Bertz CT molecular complexity index is 291. The highest BCUT2D eigenvalue weighted by Crippen LogP contribution is 1.99. The van der Waals surface area contributed by atoms with Crippen molar-refractivity contribution in [2.75, 3.05) is 20.8 Å². The summed E-state index contributed by atoms with van der Waals surface area (Å²) >= 11 is 0. The number of carbonyl (C=O) groups excluding carboxylic acids is 1. The molecule has 0 aliphatic carbocycles. The fourth-order valence-corrected chi connectivity index (χ4v) is 0.909. The quantitative estimate of drug-likeness (QED) is 0.280. The van der Waals surface area contributed by atoms with Gasteiger partial charge in [-0.1, -0.05) is 5.18 Å². The molecule has 0 saturated heterocycles. The average molecular weight is 231 g/mol. The Balaban J connectivity index is 4.56. The summed E-state index contributed by atoms with van der Waals surface area (Å²) in [7, 11) is 2.66. The molecule has 90 valence electrons. The van der Waals surface area contributed by atoms with Gasteiger partial charge in [0.25, 0.3) is 11.9 Å². The maximum Gasteiger partial charge on any atom is 0.254 e. The summed E-state index contributed by atoms with van der Waals surface area (Å²) in [5.41, 5.74) is 0. The number of hydrogen-bond acceptors (Lipinski definition) is 6. The van der Waals surface area contributed by atoms with Crippen molar-refractivity contribution in [3.05, 3.63) is 27.2 Å². The smallest absolute Gasteiger partial charge is 0.254 e. The molecule has 0 saturated carbocycles. The van der Waals surface area contributed by atoms with E-state index in [1.165, 1.54) is 14.2 Å². The first-order chi connectivity index (χ1) is 7.56. The van der Waals surface area contributed by atoms with E-state index >= 15 is 0 Å². The third-order valence-electron chi connectivity index (χ3n) is 1.75. The molecule has 0 spiro atoms. The van der Waals surface area contributed by atoms with Gasteiger partial charge in [0.2, 0.25) is 0 Å². The molecule has 0 aromatic heterocycles. The molecule has 0 heterocycles. The Morgan fingerprint density at radius 3 is 2.62 bits per heavy atom. The van der Waals surface area contributed by atoms with E-state index in [9.17, 15) is 19.8 Å². The Labute approximate surface area is 91.8 Å². The van der Waals surface area contributed by atoms with Crippen LogP contribution in [0.25, 0.3) is 0 Å². The number of nitrogens with one attached hydrogen (secondary N) is 1. The van der Waals surface area contributed by atoms with Crippen molar-refractivity contribution < 1.29 is 14.5 Å². The van der Waals surface area contributed by atoms with Gasteiger partial charge in [0.05, 0.1) is 0 Å². The van der Waals surface area contributed by atoms with Gasteiger partial charge in [0.15, 0.2) is 6.04 Å². The standard InChI is InChI=1S/C8H13N3O5/c1-9-8(12)7(10-13)4-3-6(5-16-2)11(14)15/h3-4,6-7H,5H2,1-2H3,(H,9,12). The number of nitroso groups, excluding NO2 is 1. The van der Waals surface area contributed by atoms with E-state index < -0.39 is 22.9 Å². The third kappa shape index (κ3) is 4.60. The number of carbonyl (C=O) groups is 1. The van der Waals surface area contributed by atoms with E-state index in [2.05, 4.69) is 15.2 Å². The lowest BCUT2D eigenvalue weighted by atomic mass is 10.2. The molecular weight excluding hydrogens is 218 g/mol. The molecular formula is C8H13N3O5. The van der Waals surface area contributed by atoms with Crippen molar-refractivity contribution in [3.8, 4) is 0 Å². The Kier molecular flexibility index (Phi) is 6.61. The largest absolute Gasteiger partial charge is 0.377 e. The molecule has 8 nitrogen and oxygen atoms in total. The predicted octanol–water partition coefficient (Wildman–Crippen LogP) is -0.285.